The molecule has 0 heterocycles. The molecule has 0 aliphatic rings. The predicted octanol–water partition coefficient (Wildman–Crippen LogP) is 4.74. The molecule has 2 aromatic rings. The topological polar surface area (TPSA) is 0 Å². The van der Waals surface area contributed by atoms with Crippen LogP contribution in [0.25, 0.3) is 10.8 Å². The summed E-state index contributed by atoms with van der Waals surface area (Å²) in [6, 6.07) is 13.3. The zero-order chi connectivity index (χ0) is 11.8. The van der Waals surface area contributed by atoms with Gasteiger partial charge in [0.05, 0.1) is 0 Å². The highest BCUT2D eigenvalue weighted by Crippen LogP contribution is 2.27. The Kier molecular flexibility index (Phi) is 2.75. The van der Waals surface area contributed by atoms with E-state index in [1.807, 2.05) is 0 Å². The van der Waals surface area contributed by atoms with E-state index in [-0.39, 0.29) is 0 Å². The summed E-state index contributed by atoms with van der Waals surface area (Å²) in [4.78, 5) is 0. The van der Waals surface area contributed by atoms with Crippen LogP contribution in [0, 0.1) is 12.3 Å². The first kappa shape index (κ1) is 11.2. The average Bonchev–Trinajstić information content (AvgIpc) is 2.14. The molecule has 0 nitrogen and oxygen atoms in total. The Morgan fingerprint density at radius 2 is 1.69 bits per heavy atom. The van der Waals surface area contributed by atoms with Crippen molar-refractivity contribution >= 4 is 10.8 Å². The molecule has 0 fully saturated rings. The van der Waals surface area contributed by atoms with Gasteiger partial charge in [-0.3, -0.25) is 0 Å². The van der Waals surface area contributed by atoms with Crippen molar-refractivity contribution in [2.75, 3.05) is 0 Å². The third-order valence-electron chi connectivity index (χ3n) is 2.81. The standard InChI is InChI=1S/C16H20/c1-12-9-13-7-5-6-8-15(13)14(10-12)11-16(2,3)4/h5-10H,11H2,1-4H3. The van der Waals surface area contributed by atoms with Crippen molar-refractivity contribution in [3.8, 4) is 0 Å². The molecule has 0 amide bonds. The van der Waals surface area contributed by atoms with Gasteiger partial charge in [-0.1, -0.05) is 62.7 Å². The van der Waals surface area contributed by atoms with Crippen molar-refractivity contribution in [1.82, 2.24) is 0 Å². The molecule has 0 radical (unpaired) electrons. The minimum absolute atomic E-state index is 0.344. The lowest BCUT2D eigenvalue weighted by Crippen LogP contribution is -2.09. The van der Waals surface area contributed by atoms with Crippen molar-refractivity contribution in [3.63, 3.8) is 0 Å². The van der Waals surface area contributed by atoms with Crippen LogP contribution in [0.1, 0.15) is 31.9 Å². The van der Waals surface area contributed by atoms with Gasteiger partial charge in [0.25, 0.3) is 0 Å². The van der Waals surface area contributed by atoms with Gasteiger partial charge in [-0.25, -0.2) is 0 Å². The van der Waals surface area contributed by atoms with Crippen LogP contribution in [0.4, 0.5) is 0 Å². The van der Waals surface area contributed by atoms with E-state index in [0.29, 0.717) is 5.41 Å². The lowest BCUT2D eigenvalue weighted by Gasteiger charge is -2.20. The molecular formula is C16H20. The maximum Gasteiger partial charge on any atom is -0.0152 e. The Labute approximate surface area is 98.3 Å². The first-order valence-corrected chi connectivity index (χ1v) is 5.94. The molecule has 0 spiro atoms. The molecule has 2 rings (SSSR count). The summed E-state index contributed by atoms with van der Waals surface area (Å²) < 4.78 is 0. The Balaban J connectivity index is 2.59. The summed E-state index contributed by atoms with van der Waals surface area (Å²) in [6.45, 7) is 9.07. The SMILES string of the molecule is Cc1cc(CC(C)(C)C)c2ccccc2c1. The van der Waals surface area contributed by atoms with E-state index < -0.39 is 0 Å². The van der Waals surface area contributed by atoms with Crippen molar-refractivity contribution in [1.29, 1.82) is 0 Å². The number of hydrogen-bond donors (Lipinski definition) is 0. The molecule has 0 bridgehead atoms. The molecule has 0 N–H and O–H groups in total. The van der Waals surface area contributed by atoms with Crippen molar-refractivity contribution in [2.45, 2.75) is 34.1 Å². The van der Waals surface area contributed by atoms with Gasteiger partial charge >= 0.3 is 0 Å². The second-order valence-corrected chi connectivity index (χ2v) is 5.88. The van der Waals surface area contributed by atoms with Crippen LogP contribution in [-0.2, 0) is 6.42 Å². The number of rotatable bonds is 1. The maximum atomic E-state index is 2.33. The maximum absolute atomic E-state index is 2.33. The number of hydrogen-bond acceptors (Lipinski definition) is 0. The van der Waals surface area contributed by atoms with Gasteiger partial charge < -0.3 is 0 Å². The van der Waals surface area contributed by atoms with Crippen molar-refractivity contribution in [3.05, 3.63) is 47.5 Å². The molecular weight excluding hydrogens is 192 g/mol. The molecule has 0 aromatic heterocycles. The van der Waals surface area contributed by atoms with E-state index in [0.717, 1.165) is 6.42 Å². The molecule has 0 aliphatic heterocycles. The molecule has 2 aromatic carbocycles. The molecule has 0 atom stereocenters. The molecule has 0 heteroatoms. The predicted molar refractivity (Wildman–Crippen MR) is 71.8 cm³/mol. The van der Waals surface area contributed by atoms with Crippen molar-refractivity contribution in [2.24, 2.45) is 5.41 Å². The summed E-state index contributed by atoms with van der Waals surface area (Å²) in [5.74, 6) is 0. The lowest BCUT2D eigenvalue weighted by atomic mass is 9.85. The highest BCUT2D eigenvalue weighted by atomic mass is 14.2. The number of fused-ring (bicyclic) bond motifs is 1. The quantitative estimate of drug-likeness (QED) is 0.640. The fourth-order valence-electron chi connectivity index (χ4n) is 2.27. The molecule has 0 aliphatic carbocycles. The molecule has 0 saturated carbocycles. The van der Waals surface area contributed by atoms with Crippen LogP contribution < -0.4 is 0 Å². The van der Waals surface area contributed by atoms with Gasteiger partial charge in [0, 0.05) is 0 Å². The lowest BCUT2D eigenvalue weighted by molar-refractivity contribution is 0.412. The zero-order valence-electron chi connectivity index (χ0n) is 10.7. The van der Waals surface area contributed by atoms with Crippen LogP contribution >= 0.6 is 0 Å². The van der Waals surface area contributed by atoms with Crippen molar-refractivity contribution < 1.29 is 0 Å². The second kappa shape index (κ2) is 3.93. The Morgan fingerprint density at radius 1 is 1.00 bits per heavy atom. The van der Waals surface area contributed by atoms with E-state index >= 15 is 0 Å². The van der Waals surface area contributed by atoms with Gasteiger partial charge in [0.2, 0.25) is 0 Å². The largest absolute Gasteiger partial charge is 0.0616 e. The Hall–Kier alpha value is -1.30. The zero-order valence-corrected chi connectivity index (χ0v) is 10.7. The number of aryl methyl sites for hydroxylation is 1. The highest BCUT2D eigenvalue weighted by molar-refractivity contribution is 5.86. The van der Waals surface area contributed by atoms with Crippen LogP contribution in [0.5, 0.6) is 0 Å². The Morgan fingerprint density at radius 3 is 2.38 bits per heavy atom. The van der Waals surface area contributed by atoms with E-state index in [2.05, 4.69) is 64.1 Å². The monoisotopic (exact) mass is 212 g/mol. The van der Waals surface area contributed by atoms with Crippen LogP contribution in [0.2, 0.25) is 0 Å². The average molecular weight is 212 g/mol. The molecule has 16 heavy (non-hydrogen) atoms. The highest BCUT2D eigenvalue weighted by Gasteiger charge is 2.13. The van der Waals surface area contributed by atoms with E-state index in [4.69, 9.17) is 0 Å². The summed E-state index contributed by atoms with van der Waals surface area (Å²) in [5.41, 5.74) is 3.18. The third-order valence-corrected chi connectivity index (χ3v) is 2.81. The normalized spacial score (nSPS) is 12.0. The van der Waals surface area contributed by atoms with Crippen LogP contribution in [-0.4, -0.2) is 0 Å². The van der Waals surface area contributed by atoms with Crippen LogP contribution in [0.15, 0.2) is 36.4 Å². The number of benzene rings is 2. The van der Waals surface area contributed by atoms with Gasteiger partial charge in [0.1, 0.15) is 0 Å². The first-order valence-electron chi connectivity index (χ1n) is 5.94. The fourth-order valence-corrected chi connectivity index (χ4v) is 2.27. The third kappa shape index (κ3) is 2.44. The van der Waals surface area contributed by atoms with E-state index in [9.17, 15) is 0 Å². The van der Waals surface area contributed by atoms with E-state index in [1.165, 1.54) is 21.9 Å². The first-order chi connectivity index (χ1) is 7.46. The Bertz CT molecular complexity index is 501. The summed E-state index contributed by atoms with van der Waals surface area (Å²) in [7, 11) is 0. The fraction of sp³-hybridized carbons (Fsp3) is 0.375. The minimum atomic E-state index is 0.344. The second-order valence-electron chi connectivity index (χ2n) is 5.88. The van der Waals surface area contributed by atoms with Gasteiger partial charge in [-0.15, -0.1) is 0 Å². The van der Waals surface area contributed by atoms with Gasteiger partial charge in [-0.2, -0.15) is 0 Å². The van der Waals surface area contributed by atoms with Crippen LogP contribution in [0.3, 0.4) is 0 Å². The summed E-state index contributed by atoms with van der Waals surface area (Å²) in [6.07, 6.45) is 1.13. The molecule has 0 unspecified atom stereocenters. The van der Waals surface area contributed by atoms with E-state index in [1.54, 1.807) is 0 Å². The molecule has 0 saturated heterocycles. The van der Waals surface area contributed by atoms with Gasteiger partial charge in [0.15, 0.2) is 0 Å². The molecule has 84 valence electrons. The summed E-state index contributed by atoms with van der Waals surface area (Å²) in [5, 5.41) is 2.77. The smallest absolute Gasteiger partial charge is 0.0152 e. The van der Waals surface area contributed by atoms with Gasteiger partial charge in [-0.05, 0) is 35.1 Å². The summed E-state index contributed by atoms with van der Waals surface area (Å²) >= 11 is 0. The minimum Gasteiger partial charge on any atom is -0.0616 e.